The highest BCUT2D eigenvalue weighted by atomic mass is 16.5. The summed E-state index contributed by atoms with van der Waals surface area (Å²) in [6, 6.07) is 20.0. The van der Waals surface area contributed by atoms with Crippen molar-refractivity contribution < 1.29 is 23.8 Å². The van der Waals surface area contributed by atoms with E-state index in [1.807, 2.05) is 0 Å². The molecule has 3 rings (SSSR count). The minimum atomic E-state index is -0.435. The zero-order valence-electron chi connectivity index (χ0n) is 17.9. The van der Waals surface area contributed by atoms with Crippen LogP contribution < -0.4 is 24.8 Å². The van der Waals surface area contributed by atoms with Crippen LogP contribution >= 0.6 is 0 Å². The normalized spacial score (nSPS) is 9.97. The van der Waals surface area contributed by atoms with Crippen LogP contribution in [-0.4, -0.2) is 39.1 Å². The van der Waals surface area contributed by atoms with Crippen LogP contribution in [0.2, 0.25) is 0 Å². The second-order valence-corrected chi connectivity index (χ2v) is 6.52. The van der Waals surface area contributed by atoms with E-state index >= 15 is 0 Å². The lowest BCUT2D eigenvalue weighted by molar-refractivity contribution is 0.0966. The summed E-state index contributed by atoms with van der Waals surface area (Å²) in [7, 11) is 4.65. The smallest absolute Gasteiger partial charge is 0.257 e. The van der Waals surface area contributed by atoms with Gasteiger partial charge in [0.15, 0.2) is 0 Å². The molecule has 0 aliphatic carbocycles. The van der Waals surface area contributed by atoms with Crippen molar-refractivity contribution in [2.45, 2.75) is 0 Å². The summed E-state index contributed by atoms with van der Waals surface area (Å²) < 4.78 is 15.4. The molecule has 3 aromatic rings. The molecule has 0 aliphatic heterocycles. The largest absolute Gasteiger partial charge is 0.497 e. The highest BCUT2D eigenvalue weighted by Gasteiger charge is 2.14. The van der Waals surface area contributed by atoms with Crippen LogP contribution in [-0.2, 0) is 0 Å². The molecule has 32 heavy (non-hydrogen) atoms. The van der Waals surface area contributed by atoms with Crippen LogP contribution in [0.4, 0.5) is 5.69 Å². The Kier molecular flexibility index (Phi) is 7.42. The van der Waals surface area contributed by atoms with Gasteiger partial charge in [0.2, 0.25) is 5.96 Å². The lowest BCUT2D eigenvalue weighted by Gasteiger charge is -2.12. The summed E-state index contributed by atoms with van der Waals surface area (Å²) in [4.78, 5) is 29.8. The zero-order valence-corrected chi connectivity index (χ0v) is 17.9. The van der Waals surface area contributed by atoms with Gasteiger partial charge in [-0.25, -0.2) is 4.99 Å². The average Bonchev–Trinajstić information content (AvgIpc) is 2.84. The van der Waals surface area contributed by atoms with Gasteiger partial charge in [-0.2, -0.15) is 0 Å². The third-order valence-corrected chi connectivity index (χ3v) is 4.48. The molecule has 0 unspecified atom stereocenters. The molecule has 2 amide bonds. The van der Waals surface area contributed by atoms with Gasteiger partial charge in [0.25, 0.3) is 11.8 Å². The molecule has 0 fully saturated rings. The van der Waals surface area contributed by atoms with Crippen LogP contribution in [0.1, 0.15) is 20.7 Å². The number of ether oxygens (including phenoxy) is 3. The Hall–Kier alpha value is -4.33. The molecule has 0 aliphatic rings. The highest BCUT2D eigenvalue weighted by molar-refractivity contribution is 6.13. The number of hydrogen-bond acceptors (Lipinski definition) is 6. The maximum absolute atomic E-state index is 12.7. The number of carbonyl (C=O) groups is 2. The van der Waals surface area contributed by atoms with E-state index in [0.717, 1.165) is 0 Å². The van der Waals surface area contributed by atoms with Crippen LogP contribution in [0.15, 0.2) is 77.8 Å². The molecule has 8 nitrogen and oxygen atoms in total. The van der Waals surface area contributed by atoms with E-state index < -0.39 is 11.8 Å². The predicted molar refractivity (Wildman–Crippen MR) is 121 cm³/mol. The molecule has 0 atom stereocenters. The number of carbonyl (C=O) groups excluding carboxylic acids is 2. The van der Waals surface area contributed by atoms with Gasteiger partial charge in [0.1, 0.15) is 17.2 Å². The molecule has 8 heteroatoms. The minimum absolute atomic E-state index is 0.0168. The molecule has 0 saturated carbocycles. The van der Waals surface area contributed by atoms with E-state index in [1.54, 1.807) is 94.1 Å². The number of hydrogen-bond donors (Lipinski definition) is 2. The Morgan fingerprint density at radius 1 is 0.594 bits per heavy atom. The molecule has 0 saturated heterocycles. The van der Waals surface area contributed by atoms with E-state index in [2.05, 4.69) is 15.6 Å². The maximum atomic E-state index is 12.7. The Morgan fingerprint density at radius 2 is 0.938 bits per heavy atom. The van der Waals surface area contributed by atoms with Crippen molar-refractivity contribution in [2.75, 3.05) is 21.3 Å². The fourth-order valence-corrected chi connectivity index (χ4v) is 2.72. The van der Waals surface area contributed by atoms with Gasteiger partial charge in [-0.3, -0.25) is 20.2 Å². The molecule has 164 valence electrons. The van der Waals surface area contributed by atoms with Gasteiger partial charge < -0.3 is 14.2 Å². The van der Waals surface area contributed by atoms with Crippen molar-refractivity contribution in [2.24, 2.45) is 4.99 Å². The second kappa shape index (κ2) is 10.6. The van der Waals surface area contributed by atoms with E-state index in [1.165, 1.54) is 0 Å². The van der Waals surface area contributed by atoms with Crippen molar-refractivity contribution in [3.05, 3.63) is 83.9 Å². The van der Waals surface area contributed by atoms with E-state index in [0.29, 0.717) is 34.1 Å². The predicted octanol–water partition coefficient (Wildman–Crippen LogP) is 3.56. The monoisotopic (exact) mass is 433 g/mol. The Balaban J connectivity index is 1.84. The Bertz CT molecular complexity index is 1030. The summed E-state index contributed by atoms with van der Waals surface area (Å²) in [5.74, 6) is 1.03. The summed E-state index contributed by atoms with van der Waals surface area (Å²) in [6.45, 7) is 0. The molecule has 0 spiro atoms. The minimum Gasteiger partial charge on any atom is -0.497 e. The fourth-order valence-electron chi connectivity index (χ4n) is 2.72. The maximum Gasteiger partial charge on any atom is 0.257 e. The first-order valence-electron chi connectivity index (χ1n) is 9.66. The van der Waals surface area contributed by atoms with Gasteiger partial charge in [-0.15, -0.1) is 0 Å². The summed E-state index contributed by atoms with van der Waals surface area (Å²) in [5.41, 5.74) is 1.28. The number of guanidine groups is 1. The standard InChI is InChI=1S/C24H23N3O5/c1-30-19-10-4-16(5-11-19)22(28)26-24(25-18-8-14-21(32-3)15-9-18)27-23(29)17-6-12-20(31-2)13-7-17/h4-15H,1-3H3,(H2,25,26,27,28,29). The van der Waals surface area contributed by atoms with Gasteiger partial charge in [0, 0.05) is 11.1 Å². The summed E-state index contributed by atoms with van der Waals surface area (Å²) in [6.07, 6.45) is 0. The summed E-state index contributed by atoms with van der Waals surface area (Å²) >= 11 is 0. The quantitative estimate of drug-likeness (QED) is 0.458. The number of aliphatic imine (C=N–C) groups is 1. The van der Waals surface area contributed by atoms with Crippen LogP contribution in [0.3, 0.4) is 0 Å². The van der Waals surface area contributed by atoms with Crippen molar-refractivity contribution in [1.82, 2.24) is 10.6 Å². The number of methoxy groups -OCH3 is 3. The van der Waals surface area contributed by atoms with Crippen LogP contribution in [0.5, 0.6) is 17.2 Å². The zero-order chi connectivity index (χ0) is 22.9. The van der Waals surface area contributed by atoms with Crippen LogP contribution in [0.25, 0.3) is 0 Å². The number of nitrogens with zero attached hydrogens (tertiary/aromatic N) is 1. The molecule has 0 bridgehead atoms. The van der Waals surface area contributed by atoms with Crippen molar-refractivity contribution in [3.63, 3.8) is 0 Å². The third-order valence-electron chi connectivity index (χ3n) is 4.48. The summed E-state index contributed by atoms with van der Waals surface area (Å²) in [5, 5.41) is 5.31. The van der Waals surface area contributed by atoms with E-state index in [9.17, 15) is 9.59 Å². The van der Waals surface area contributed by atoms with E-state index in [-0.39, 0.29) is 5.96 Å². The Morgan fingerprint density at radius 3 is 1.28 bits per heavy atom. The highest BCUT2D eigenvalue weighted by Crippen LogP contribution is 2.18. The topological polar surface area (TPSA) is 98.3 Å². The van der Waals surface area contributed by atoms with E-state index in [4.69, 9.17) is 14.2 Å². The first-order chi connectivity index (χ1) is 15.5. The first-order valence-corrected chi connectivity index (χ1v) is 9.66. The van der Waals surface area contributed by atoms with Gasteiger partial charge in [-0.05, 0) is 72.8 Å². The fraction of sp³-hybridized carbons (Fsp3) is 0.125. The van der Waals surface area contributed by atoms with Gasteiger partial charge in [0.05, 0.1) is 27.0 Å². The molecule has 0 radical (unpaired) electrons. The molecule has 3 aromatic carbocycles. The number of nitrogens with one attached hydrogen (secondary N) is 2. The van der Waals surface area contributed by atoms with Gasteiger partial charge in [-0.1, -0.05) is 0 Å². The molecular formula is C24H23N3O5. The van der Waals surface area contributed by atoms with Crippen molar-refractivity contribution in [3.8, 4) is 17.2 Å². The third kappa shape index (κ3) is 5.85. The SMILES string of the molecule is COc1ccc(N=C(NC(=O)c2ccc(OC)cc2)NC(=O)c2ccc(OC)cc2)cc1. The molecule has 0 heterocycles. The lowest BCUT2D eigenvalue weighted by atomic mass is 10.2. The van der Waals surface area contributed by atoms with Crippen molar-refractivity contribution in [1.29, 1.82) is 0 Å². The second-order valence-electron chi connectivity index (χ2n) is 6.52. The number of amides is 2. The lowest BCUT2D eigenvalue weighted by Crippen LogP contribution is -2.43. The number of rotatable bonds is 6. The van der Waals surface area contributed by atoms with Crippen molar-refractivity contribution >= 4 is 23.5 Å². The average molecular weight is 433 g/mol. The van der Waals surface area contributed by atoms with Crippen LogP contribution in [0, 0.1) is 0 Å². The Labute approximate surface area is 185 Å². The molecule has 2 N–H and O–H groups in total. The first kappa shape index (κ1) is 22.4. The molecular weight excluding hydrogens is 410 g/mol. The number of benzene rings is 3. The molecule has 0 aromatic heterocycles. The van der Waals surface area contributed by atoms with Gasteiger partial charge >= 0.3 is 0 Å².